The first kappa shape index (κ1) is 22.3. The summed E-state index contributed by atoms with van der Waals surface area (Å²) in [6, 6.07) is 9.27. The van der Waals surface area contributed by atoms with Crippen molar-refractivity contribution in [3.63, 3.8) is 0 Å². The zero-order valence-electron chi connectivity index (χ0n) is 16.8. The molecule has 2 fully saturated rings. The molecule has 1 aromatic rings. The van der Waals surface area contributed by atoms with E-state index in [0.717, 1.165) is 22.8 Å². The first-order valence-electron chi connectivity index (χ1n) is 9.78. The van der Waals surface area contributed by atoms with E-state index >= 15 is 0 Å². The fraction of sp³-hybridized carbons (Fsp3) is 0.526. The molecule has 0 bridgehead atoms. The highest BCUT2D eigenvalue weighted by Gasteiger charge is 2.32. The number of nitriles is 1. The number of carbonyl (C=O) groups is 1. The third-order valence-corrected chi connectivity index (χ3v) is 7.21. The van der Waals surface area contributed by atoms with Gasteiger partial charge in [-0.2, -0.15) is 9.57 Å². The van der Waals surface area contributed by atoms with Crippen LogP contribution in [0.2, 0.25) is 0 Å². The highest BCUT2D eigenvalue weighted by atomic mass is 32.2. The smallest absolute Gasteiger partial charge is 0.414 e. The van der Waals surface area contributed by atoms with E-state index in [0.29, 0.717) is 39.3 Å². The van der Waals surface area contributed by atoms with Gasteiger partial charge < -0.3 is 15.0 Å². The third-order valence-electron chi connectivity index (χ3n) is 5.13. The lowest BCUT2D eigenvalue weighted by molar-refractivity contribution is 0.143. The van der Waals surface area contributed by atoms with Gasteiger partial charge in [0, 0.05) is 37.6 Å². The number of anilines is 2. The van der Waals surface area contributed by atoms with Crippen LogP contribution in [0.25, 0.3) is 0 Å². The molecule has 1 amide bonds. The average Bonchev–Trinajstić information content (AvgIpc) is 3.12. The van der Waals surface area contributed by atoms with Gasteiger partial charge in [0.2, 0.25) is 10.0 Å². The van der Waals surface area contributed by atoms with Crippen molar-refractivity contribution in [1.29, 1.82) is 5.26 Å². The summed E-state index contributed by atoms with van der Waals surface area (Å²) < 4.78 is 30.8. The molecule has 9 nitrogen and oxygen atoms in total. The van der Waals surface area contributed by atoms with Crippen molar-refractivity contribution in [1.82, 2.24) is 9.62 Å². The summed E-state index contributed by atoms with van der Waals surface area (Å²) in [4.78, 5) is 16.6. The number of hydrogen-bond acceptors (Lipinski definition) is 7. The molecule has 0 radical (unpaired) electrons. The van der Waals surface area contributed by atoms with Gasteiger partial charge in [0.15, 0.2) is 5.75 Å². The predicted octanol–water partition coefficient (Wildman–Crippen LogP) is 1.31. The lowest BCUT2D eigenvalue weighted by Gasteiger charge is -2.35. The Morgan fingerprint density at radius 3 is 2.47 bits per heavy atom. The standard InChI is InChI=1S/C19H25N5O4S2/c1-2-18(29)21-13-17-14-24(19(25)28-17)16-5-3-15(4-6-16)22-8-10-23(11-9-22)30(26,27)12-7-20/h3-6,17H,2,8-14H2,1H3,(H,21,29). The fourth-order valence-electron chi connectivity index (χ4n) is 3.43. The normalized spacial score (nSPS) is 20.0. The Kier molecular flexibility index (Phi) is 7.12. The quantitative estimate of drug-likeness (QED) is 0.619. The molecule has 1 N–H and O–H groups in total. The molecule has 30 heavy (non-hydrogen) atoms. The number of nitrogens with one attached hydrogen (secondary N) is 1. The van der Waals surface area contributed by atoms with Gasteiger partial charge in [0.05, 0.1) is 24.1 Å². The molecule has 0 saturated carbocycles. The summed E-state index contributed by atoms with van der Waals surface area (Å²) in [5.74, 6) is -0.492. The zero-order valence-corrected chi connectivity index (χ0v) is 18.4. The maximum absolute atomic E-state index is 12.2. The van der Waals surface area contributed by atoms with Gasteiger partial charge in [0.25, 0.3) is 0 Å². The van der Waals surface area contributed by atoms with Crippen LogP contribution in [0.5, 0.6) is 0 Å². The number of nitrogens with zero attached hydrogens (tertiary/aromatic N) is 4. The second-order valence-corrected chi connectivity index (χ2v) is 9.55. The van der Waals surface area contributed by atoms with Crippen molar-refractivity contribution >= 4 is 44.7 Å². The van der Waals surface area contributed by atoms with Crippen LogP contribution in [-0.2, 0) is 14.8 Å². The summed E-state index contributed by atoms with van der Waals surface area (Å²) in [6.07, 6.45) is 0.109. The Labute approximate surface area is 182 Å². The number of amides is 1. The highest BCUT2D eigenvalue weighted by molar-refractivity contribution is 7.89. The molecule has 2 saturated heterocycles. The van der Waals surface area contributed by atoms with E-state index in [1.807, 2.05) is 31.2 Å². The molecule has 1 aromatic carbocycles. The topological polar surface area (TPSA) is 106 Å². The molecule has 0 aliphatic carbocycles. The number of ether oxygens (including phenoxy) is 1. The van der Waals surface area contributed by atoms with E-state index in [-0.39, 0.29) is 12.2 Å². The lowest BCUT2D eigenvalue weighted by Crippen LogP contribution is -2.49. The van der Waals surface area contributed by atoms with Crippen LogP contribution in [0.3, 0.4) is 0 Å². The molecule has 2 heterocycles. The number of hydrogen-bond donors (Lipinski definition) is 1. The summed E-state index contributed by atoms with van der Waals surface area (Å²) in [5, 5.41) is 11.8. The van der Waals surface area contributed by atoms with Crippen molar-refractivity contribution in [2.24, 2.45) is 0 Å². The van der Waals surface area contributed by atoms with Gasteiger partial charge in [-0.15, -0.1) is 0 Å². The number of rotatable bonds is 7. The van der Waals surface area contributed by atoms with Crippen molar-refractivity contribution < 1.29 is 17.9 Å². The minimum Gasteiger partial charge on any atom is -0.442 e. The summed E-state index contributed by atoms with van der Waals surface area (Å²) in [5.41, 5.74) is 1.70. The number of sulfonamides is 1. The molecular formula is C19H25N5O4S2. The predicted molar refractivity (Wildman–Crippen MR) is 118 cm³/mol. The third kappa shape index (κ3) is 5.19. The number of thiocarbonyl (C=S) groups is 1. The Bertz CT molecular complexity index is 921. The molecular weight excluding hydrogens is 426 g/mol. The van der Waals surface area contributed by atoms with E-state index in [1.54, 1.807) is 11.0 Å². The maximum Gasteiger partial charge on any atom is 0.414 e. The summed E-state index contributed by atoms with van der Waals surface area (Å²) in [7, 11) is -3.51. The molecule has 11 heteroatoms. The molecule has 0 aromatic heterocycles. The summed E-state index contributed by atoms with van der Waals surface area (Å²) >= 11 is 5.14. The molecule has 1 atom stereocenters. The number of benzene rings is 1. The summed E-state index contributed by atoms with van der Waals surface area (Å²) in [6.45, 7) is 4.69. The molecule has 0 spiro atoms. The lowest BCUT2D eigenvalue weighted by atomic mass is 10.2. The van der Waals surface area contributed by atoms with Gasteiger partial charge in [-0.05, 0) is 30.7 Å². The van der Waals surface area contributed by atoms with Gasteiger partial charge in [-0.3, -0.25) is 4.90 Å². The van der Waals surface area contributed by atoms with E-state index in [1.165, 1.54) is 4.31 Å². The van der Waals surface area contributed by atoms with Crippen LogP contribution in [0, 0.1) is 11.3 Å². The van der Waals surface area contributed by atoms with E-state index in [4.69, 9.17) is 22.2 Å². The first-order chi connectivity index (χ1) is 14.3. The van der Waals surface area contributed by atoms with Gasteiger partial charge in [-0.25, -0.2) is 13.2 Å². The van der Waals surface area contributed by atoms with Crippen LogP contribution in [-0.4, -0.2) is 74.9 Å². The van der Waals surface area contributed by atoms with Crippen molar-refractivity contribution in [2.75, 3.05) is 54.8 Å². The SMILES string of the molecule is CCC(=S)NCC1CN(c2ccc(N3CCN(S(=O)(=O)CC#N)CC3)cc2)C(=O)O1. The molecule has 2 aliphatic rings. The molecule has 1 unspecified atom stereocenters. The van der Waals surface area contributed by atoms with Crippen LogP contribution >= 0.6 is 12.2 Å². The maximum atomic E-state index is 12.2. The van der Waals surface area contributed by atoms with E-state index < -0.39 is 15.8 Å². The molecule has 2 aliphatic heterocycles. The average molecular weight is 452 g/mol. The number of carbonyl (C=O) groups excluding carboxylic acids is 1. The van der Waals surface area contributed by atoms with Gasteiger partial charge in [0.1, 0.15) is 6.10 Å². The van der Waals surface area contributed by atoms with E-state index in [2.05, 4.69) is 10.2 Å². The van der Waals surface area contributed by atoms with Crippen LogP contribution < -0.4 is 15.1 Å². The minimum atomic E-state index is -3.51. The number of cyclic esters (lactones) is 1. The van der Waals surface area contributed by atoms with Crippen molar-refractivity contribution in [2.45, 2.75) is 19.4 Å². The van der Waals surface area contributed by atoms with Crippen molar-refractivity contribution in [3.8, 4) is 6.07 Å². The zero-order chi connectivity index (χ0) is 21.7. The van der Waals surface area contributed by atoms with E-state index in [9.17, 15) is 13.2 Å². The number of piperazine rings is 1. The Hall–Kier alpha value is -2.42. The Morgan fingerprint density at radius 1 is 1.23 bits per heavy atom. The van der Waals surface area contributed by atoms with Gasteiger partial charge in [-0.1, -0.05) is 19.1 Å². The largest absolute Gasteiger partial charge is 0.442 e. The van der Waals surface area contributed by atoms with Crippen LogP contribution in [0.15, 0.2) is 24.3 Å². The van der Waals surface area contributed by atoms with Crippen molar-refractivity contribution in [3.05, 3.63) is 24.3 Å². The van der Waals surface area contributed by atoms with Crippen LogP contribution in [0.1, 0.15) is 13.3 Å². The highest BCUT2D eigenvalue weighted by Crippen LogP contribution is 2.25. The van der Waals surface area contributed by atoms with Gasteiger partial charge >= 0.3 is 6.09 Å². The molecule has 3 rings (SSSR count). The second-order valence-electron chi connectivity index (χ2n) is 7.09. The minimum absolute atomic E-state index is 0.259. The fourth-order valence-corrected chi connectivity index (χ4v) is 4.58. The first-order valence-corrected chi connectivity index (χ1v) is 11.8. The Morgan fingerprint density at radius 2 is 1.87 bits per heavy atom. The Balaban J connectivity index is 1.56. The van der Waals surface area contributed by atoms with Crippen LogP contribution in [0.4, 0.5) is 16.2 Å². The monoisotopic (exact) mass is 451 g/mol. The molecule has 162 valence electrons. The second kappa shape index (κ2) is 9.59.